The summed E-state index contributed by atoms with van der Waals surface area (Å²) in [7, 11) is 0. The van der Waals surface area contributed by atoms with Crippen molar-refractivity contribution in [3.63, 3.8) is 0 Å². The second-order valence-electron chi connectivity index (χ2n) is 5.51. The van der Waals surface area contributed by atoms with Gasteiger partial charge in [0.15, 0.2) is 0 Å². The number of amides is 1. The summed E-state index contributed by atoms with van der Waals surface area (Å²) in [6, 6.07) is 1.92. The number of thiophene rings is 1. The van der Waals surface area contributed by atoms with E-state index in [9.17, 15) is 4.79 Å². The lowest BCUT2D eigenvalue weighted by Crippen LogP contribution is -2.29. The number of hydrogen-bond donors (Lipinski definition) is 2. The molecule has 1 saturated carbocycles. The van der Waals surface area contributed by atoms with Crippen LogP contribution in [0.15, 0.2) is 6.07 Å². The molecule has 3 nitrogen and oxygen atoms in total. The lowest BCUT2D eigenvalue weighted by Gasteiger charge is -2.15. The van der Waals surface area contributed by atoms with E-state index in [1.807, 2.05) is 13.0 Å². The summed E-state index contributed by atoms with van der Waals surface area (Å²) in [5, 5.41) is 3.07. The number of carbonyl (C=O) groups excluding carboxylic acids is 1. The van der Waals surface area contributed by atoms with Crippen molar-refractivity contribution >= 4 is 17.2 Å². The highest BCUT2D eigenvalue weighted by Gasteiger charge is 2.24. The number of aryl methyl sites for hydroxylation is 1. The van der Waals surface area contributed by atoms with Gasteiger partial charge in [-0.05, 0) is 36.8 Å². The minimum Gasteiger partial charge on any atom is -0.351 e. The van der Waals surface area contributed by atoms with Gasteiger partial charge >= 0.3 is 0 Å². The molecule has 1 aromatic heterocycles. The Hall–Kier alpha value is -1.31. The average Bonchev–Trinajstić information content (AvgIpc) is 3.00. The first-order valence-corrected chi connectivity index (χ1v) is 8.01. The van der Waals surface area contributed by atoms with Crippen LogP contribution in [0.4, 0.5) is 0 Å². The first-order valence-electron chi connectivity index (χ1n) is 7.19. The van der Waals surface area contributed by atoms with E-state index in [-0.39, 0.29) is 5.91 Å². The van der Waals surface area contributed by atoms with Crippen molar-refractivity contribution in [2.24, 2.45) is 17.6 Å². The van der Waals surface area contributed by atoms with E-state index in [4.69, 9.17) is 5.73 Å². The maximum absolute atomic E-state index is 12.2. The third kappa shape index (κ3) is 3.62. The van der Waals surface area contributed by atoms with Crippen LogP contribution < -0.4 is 11.1 Å². The summed E-state index contributed by atoms with van der Waals surface area (Å²) >= 11 is 1.45. The molecule has 0 radical (unpaired) electrons. The molecule has 0 aromatic carbocycles. The Morgan fingerprint density at radius 3 is 3.00 bits per heavy atom. The summed E-state index contributed by atoms with van der Waals surface area (Å²) in [5.74, 6) is 7.24. The van der Waals surface area contributed by atoms with E-state index < -0.39 is 0 Å². The fraction of sp³-hybridized carbons (Fsp3) is 0.562. The van der Waals surface area contributed by atoms with Gasteiger partial charge in [0.2, 0.25) is 0 Å². The number of rotatable bonds is 3. The molecule has 0 aliphatic heterocycles. The molecule has 0 saturated heterocycles. The van der Waals surface area contributed by atoms with Crippen molar-refractivity contribution in [2.45, 2.75) is 33.1 Å². The summed E-state index contributed by atoms with van der Waals surface area (Å²) < 4.78 is 0. The van der Waals surface area contributed by atoms with Crippen LogP contribution in [0.25, 0.3) is 0 Å². The Labute approximate surface area is 124 Å². The van der Waals surface area contributed by atoms with Crippen LogP contribution in [0.3, 0.4) is 0 Å². The number of hydrogen-bond acceptors (Lipinski definition) is 3. The zero-order chi connectivity index (χ0) is 14.5. The molecule has 1 fully saturated rings. The third-order valence-electron chi connectivity index (χ3n) is 4.01. The van der Waals surface area contributed by atoms with Crippen LogP contribution in [0.1, 0.15) is 46.3 Å². The molecule has 1 amide bonds. The molecule has 2 unspecified atom stereocenters. The number of nitrogens with one attached hydrogen (secondary N) is 1. The van der Waals surface area contributed by atoms with Crippen molar-refractivity contribution in [1.29, 1.82) is 0 Å². The summed E-state index contributed by atoms with van der Waals surface area (Å²) in [5.41, 5.74) is 6.43. The smallest absolute Gasteiger partial charge is 0.261 e. The quantitative estimate of drug-likeness (QED) is 0.841. The molecule has 108 valence electrons. The third-order valence-corrected chi connectivity index (χ3v) is 5.16. The van der Waals surface area contributed by atoms with E-state index in [0.29, 0.717) is 12.5 Å². The molecule has 2 atom stereocenters. The van der Waals surface area contributed by atoms with Crippen molar-refractivity contribution in [3.8, 4) is 11.8 Å². The zero-order valence-corrected chi connectivity index (χ0v) is 13.0. The van der Waals surface area contributed by atoms with Crippen LogP contribution in [0, 0.1) is 30.6 Å². The highest BCUT2D eigenvalue weighted by Crippen LogP contribution is 2.30. The fourth-order valence-corrected chi connectivity index (χ4v) is 3.65. The lowest BCUT2D eigenvalue weighted by atomic mass is 9.98. The van der Waals surface area contributed by atoms with Crippen molar-refractivity contribution in [1.82, 2.24) is 5.32 Å². The van der Waals surface area contributed by atoms with Gasteiger partial charge in [-0.2, -0.15) is 0 Å². The maximum Gasteiger partial charge on any atom is 0.261 e. The summed E-state index contributed by atoms with van der Waals surface area (Å²) in [4.78, 5) is 13.9. The molecule has 1 aliphatic rings. The molecule has 1 aromatic rings. The van der Waals surface area contributed by atoms with Gasteiger partial charge in [-0.1, -0.05) is 31.6 Å². The Morgan fingerprint density at radius 2 is 2.35 bits per heavy atom. The molecule has 0 spiro atoms. The minimum absolute atomic E-state index is 0.0259. The van der Waals surface area contributed by atoms with Crippen LogP contribution in [0.2, 0.25) is 0 Å². The zero-order valence-electron chi connectivity index (χ0n) is 12.2. The highest BCUT2D eigenvalue weighted by atomic mass is 32.1. The normalized spacial score (nSPS) is 21.4. The first-order chi connectivity index (χ1) is 9.61. The molecular formula is C16H22N2OS. The summed E-state index contributed by atoms with van der Waals surface area (Å²) in [6.07, 6.45) is 3.81. The lowest BCUT2D eigenvalue weighted by molar-refractivity contribution is 0.0948. The molecule has 1 aliphatic carbocycles. The Morgan fingerprint density at radius 1 is 1.55 bits per heavy atom. The minimum atomic E-state index is 0.0259. The van der Waals surface area contributed by atoms with Gasteiger partial charge in [-0.25, -0.2) is 0 Å². The second-order valence-corrected chi connectivity index (χ2v) is 6.56. The monoisotopic (exact) mass is 290 g/mol. The molecule has 1 heterocycles. The predicted octanol–water partition coefficient (Wildman–Crippen LogP) is 2.53. The van der Waals surface area contributed by atoms with E-state index in [0.717, 1.165) is 27.8 Å². The van der Waals surface area contributed by atoms with E-state index in [2.05, 4.69) is 24.1 Å². The Balaban J connectivity index is 1.95. The van der Waals surface area contributed by atoms with Gasteiger partial charge in [0.25, 0.3) is 5.91 Å². The predicted molar refractivity (Wildman–Crippen MR) is 83.8 cm³/mol. The standard InChI is InChI=1S/C16H22N2OS/c1-11-5-3-6-13(11)10-18-16(19)15-9-12(2)14(20-15)7-4-8-17/h9,11,13H,3,5-6,8,10,17H2,1-2H3,(H,18,19). The Bertz CT molecular complexity index is 538. The van der Waals surface area contributed by atoms with Gasteiger partial charge in [0, 0.05) is 6.54 Å². The van der Waals surface area contributed by atoms with E-state index in [1.165, 1.54) is 30.6 Å². The second kappa shape index (κ2) is 6.92. The number of nitrogens with two attached hydrogens (primary N) is 1. The van der Waals surface area contributed by atoms with Gasteiger partial charge in [-0.3, -0.25) is 4.79 Å². The van der Waals surface area contributed by atoms with Gasteiger partial charge in [0.05, 0.1) is 16.3 Å². The topological polar surface area (TPSA) is 55.1 Å². The van der Waals surface area contributed by atoms with Gasteiger partial charge < -0.3 is 11.1 Å². The fourth-order valence-electron chi connectivity index (χ4n) is 2.69. The average molecular weight is 290 g/mol. The highest BCUT2D eigenvalue weighted by molar-refractivity contribution is 7.14. The first kappa shape index (κ1) is 15.1. The molecule has 2 rings (SSSR count). The molecule has 4 heteroatoms. The van der Waals surface area contributed by atoms with Crippen LogP contribution in [0.5, 0.6) is 0 Å². The SMILES string of the molecule is Cc1cc(C(=O)NCC2CCCC2C)sc1C#CCN. The van der Waals surface area contributed by atoms with E-state index in [1.54, 1.807) is 0 Å². The molecule has 0 bridgehead atoms. The summed E-state index contributed by atoms with van der Waals surface area (Å²) in [6.45, 7) is 5.39. The maximum atomic E-state index is 12.2. The number of carbonyl (C=O) groups is 1. The molecule has 20 heavy (non-hydrogen) atoms. The van der Waals surface area contributed by atoms with Gasteiger partial charge in [0.1, 0.15) is 0 Å². The van der Waals surface area contributed by atoms with Crippen molar-refractivity contribution in [3.05, 3.63) is 21.4 Å². The van der Waals surface area contributed by atoms with Crippen molar-refractivity contribution in [2.75, 3.05) is 13.1 Å². The molecule has 3 N–H and O–H groups in total. The molecular weight excluding hydrogens is 268 g/mol. The van der Waals surface area contributed by atoms with Crippen LogP contribution in [-0.4, -0.2) is 19.0 Å². The van der Waals surface area contributed by atoms with Crippen LogP contribution in [-0.2, 0) is 0 Å². The van der Waals surface area contributed by atoms with Crippen LogP contribution >= 0.6 is 11.3 Å². The largest absolute Gasteiger partial charge is 0.351 e. The van der Waals surface area contributed by atoms with E-state index >= 15 is 0 Å². The Kier molecular flexibility index (Phi) is 5.22. The van der Waals surface area contributed by atoms with Gasteiger partial charge in [-0.15, -0.1) is 11.3 Å². The van der Waals surface area contributed by atoms with Crippen molar-refractivity contribution < 1.29 is 4.79 Å².